The first-order valence-electron chi connectivity index (χ1n) is 16.9. The largest absolute Gasteiger partial charge is 0.345 e. The number of ether oxygens (including phenoxy) is 4. The molecule has 0 aromatic rings. The average molecular weight is 591 g/mol. The fourth-order valence-corrected chi connectivity index (χ4v) is 11.0. The fraction of sp³-hybridized carbons (Fsp3) is 0.970. The Labute approximate surface area is 249 Å². The summed E-state index contributed by atoms with van der Waals surface area (Å²) in [5.41, 5.74) is -1.21. The van der Waals surface area contributed by atoms with E-state index >= 15 is 0 Å². The summed E-state index contributed by atoms with van der Waals surface area (Å²) in [6.45, 7) is 13.0. The standard InChI is InChI=1S/C33H50O9/c1-17-7-9-24-19(3)26(35-28-32(24)22(17)11-13-30(5,37-28)39-41-32)15-21(34)16-27-20(4)25-10-8-18(2)23-12-14-31(6)38-29(36-27)33(23,25)42-40-31/h17-20,22-29H,7-16H2,1-6H3/t17-,18-,19-,20-,22+,23?,24+,25+,26?,27?,28?,29?,30+,31+,32?,33?/m1/s1. The first-order chi connectivity index (χ1) is 20.0. The van der Waals surface area contributed by atoms with Crippen LogP contribution in [0.3, 0.4) is 0 Å². The van der Waals surface area contributed by atoms with Crippen molar-refractivity contribution in [1.82, 2.24) is 0 Å². The second kappa shape index (κ2) is 9.68. The van der Waals surface area contributed by atoms with Crippen LogP contribution < -0.4 is 0 Å². The van der Waals surface area contributed by atoms with Crippen molar-refractivity contribution in [2.45, 2.75) is 153 Å². The smallest absolute Gasteiger partial charge is 0.201 e. The number of Topliss-reactive ketones (excluding diaryl/α,β-unsaturated/α-hetero) is 1. The molecule has 8 aliphatic heterocycles. The molecule has 0 aromatic carbocycles. The highest BCUT2D eigenvalue weighted by Gasteiger charge is 2.71. The van der Waals surface area contributed by atoms with Crippen LogP contribution >= 0.6 is 0 Å². The molecule has 4 bridgehead atoms. The van der Waals surface area contributed by atoms with Crippen LogP contribution in [0.2, 0.25) is 0 Å². The molecule has 10 rings (SSSR count). The van der Waals surface area contributed by atoms with Gasteiger partial charge in [0.1, 0.15) is 5.78 Å². The van der Waals surface area contributed by atoms with Gasteiger partial charge in [-0.15, -0.1) is 0 Å². The molecule has 2 saturated carbocycles. The monoisotopic (exact) mass is 590 g/mol. The van der Waals surface area contributed by atoms with E-state index in [0.29, 0.717) is 36.5 Å². The second-order valence-electron chi connectivity index (χ2n) is 15.8. The Kier molecular flexibility index (Phi) is 6.64. The highest BCUT2D eigenvalue weighted by atomic mass is 17.3. The number of rotatable bonds is 4. The normalized spacial score (nSPS) is 59.8. The maximum Gasteiger partial charge on any atom is 0.201 e. The Bertz CT molecular complexity index is 1020. The maximum atomic E-state index is 13.9. The molecule has 2 spiro atoms. The summed E-state index contributed by atoms with van der Waals surface area (Å²) in [7, 11) is 0. The van der Waals surface area contributed by atoms with Gasteiger partial charge in [0.05, 0.1) is 12.2 Å². The van der Waals surface area contributed by atoms with Crippen molar-refractivity contribution in [3.63, 3.8) is 0 Å². The predicted molar refractivity (Wildman–Crippen MR) is 148 cm³/mol. The van der Waals surface area contributed by atoms with E-state index in [9.17, 15) is 4.79 Å². The van der Waals surface area contributed by atoms with Crippen molar-refractivity contribution in [3.05, 3.63) is 0 Å². The summed E-state index contributed by atoms with van der Waals surface area (Å²) in [4.78, 5) is 38.4. The molecule has 236 valence electrons. The lowest BCUT2D eigenvalue weighted by molar-refractivity contribution is -0.571. The SMILES string of the molecule is C[C@@H]1CC[C@H]2[C@@H](C)C(CC(=O)CC3OC4O[C@]5(C)CC[C@H]6[C@H](C)CC[C@@H]([C@H]3C)C46OO5)OC3O[C@]4(C)CCC1C32OO4. The van der Waals surface area contributed by atoms with Gasteiger partial charge in [-0.3, -0.25) is 4.79 Å². The maximum absolute atomic E-state index is 13.9. The molecule has 0 radical (unpaired) electrons. The summed E-state index contributed by atoms with van der Waals surface area (Å²) in [5, 5.41) is 0. The third-order valence-corrected chi connectivity index (χ3v) is 13.4. The molecule has 10 aliphatic rings. The molecule has 16 atom stereocenters. The van der Waals surface area contributed by atoms with Crippen LogP contribution in [0.1, 0.15) is 106 Å². The van der Waals surface area contributed by atoms with E-state index in [1.54, 1.807) is 0 Å². The lowest BCUT2D eigenvalue weighted by Crippen LogP contribution is -2.70. The topological polar surface area (TPSA) is 90.9 Å². The zero-order chi connectivity index (χ0) is 29.2. The molecule has 9 nitrogen and oxygen atoms in total. The van der Waals surface area contributed by atoms with Gasteiger partial charge in [-0.2, -0.15) is 0 Å². The third kappa shape index (κ3) is 3.93. The first-order valence-corrected chi connectivity index (χ1v) is 16.9. The zero-order valence-electron chi connectivity index (χ0n) is 26.2. The van der Waals surface area contributed by atoms with Crippen LogP contribution in [0.5, 0.6) is 0 Å². The lowest BCUT2D eigenvalue weighted by atomic mass is 9.57. The van der Waals surface area contributed by atoms with E-state index in [1.165, 1.54) is 0 Å². The summed E-state index contributed by atoms with van der Waals surface area (Å²) in [6.07, 6.45) is 7.09. The molecular weight excluding hydrogens is 540 g/mol. The number of ketones is 1. The molecule has 10 fully saturated rings. The van der Waals surface area contributed by atoms with E-state index < -0.39 is 35.4 Å². The Hall–Kier alpha value is -0.650. The molecule has 0 N–H and O–H groups in total. The molecule has 0 aromatic heterocycles. The van der Waals surface area contributed by atoms with Gasteiger partial charge in [-0.05, 0) is 87.9 Å². The van der Waals surface area contributed by atoms with E-state index in [1.807, 2.05) is 13.8 Å². The molecule has 8 heterocycles. The van der Waals surface area contributed by atoms with Crippen molar-refractivity contribution < 1.29 is 43.3 Å². The number of carbonyl (C=O) groups is 1. The first kappa shape index (κ1) is 28.8. The number of fused-ring (bicyclic) bond motifs is 4. The van der Waals surface area contributed by atoms with Crippen molar-refractivity contribution >= 4 is 5.78 Å². The van der Waals surface area contributed by atoms with E-state index in [-0.39, 0.29) is 41.7 Å². The van der Waals surface area contributed by atoms with Crippen molar-refractivity contribution in [2.24, 2.45) is 47.3 Å². The van der Waals surface area contributed by atoms with E-state index in [2.05, 4.69) is 27.7 Å². The van der Waals surface area contributed by atoms with Crippen LogP contribution in [0.25, 0.3) is 0 Å². The third-order valence-electron chi connectivity index (χ3n) is 13.4. The Morgan fingerprint density at radius 2 is 1.02 bits per heavy atom. The van der Waals surface area contributed by atoms with Gasteiger partial charge in [0, 0.05) is 37.5 Å². The van der Waals surface area contributed by atoms with E-state index in [0.717, 1.165) is 51.4 Å². The molecule has 0 amide bonds. The zero-order valence-corrected chi connectivity index (χ0v) is 26.2. The molecule has 8 saturated heterocycles. The van der Waals surface area contributed by atoms with Gasteiger partial charge < -0.3 is 18.9 Å². The highest BCUT2D eigenvalue weighted by Crippen LogP contribution is 2.62. The fourth-order valence-electron chi connectivity index (χ4n) is 11.0. The van der Waals surface area contributed by atoms with Gasteiger partial charge in [0.15, 0.2) is 23.8 Å². The molecule has 9 heteroatoms. The van der Waals surface area contributed by atoms with Crippen LogP contribution in [0.15, 0.2) is 0 Å². The van der Waals surface area contributed by atoms with Gasteiger partial charge in [0.25, 0.3) is 0 Å². The number of carbonyl (C=O) groups excluding carboxylic acids is 1. The number of hydrogen-bond acceptors (Lipinski definition) is 9. The van der Waals surface area contributed by atoms with Gasteiger partial charge in [0.2, 0.25) is 11.6 Å². The Morgan fingerprint density at radius 3 is 1.45 bits per heavy atom. The summed E-state index contributed by atoms with van der Waals surface area (Å²) in [5.74, 6) is 0.933. The second-order valence-corrected chi connectivity index (χ2v) is 15.8. The van der Waals surface area contributed by atoms with Crippen LogP contribution in [-0.2, 0) is 43.3 Å². The molecule has 2 aliphatic carbocycles. The summed E-state index contributed by atoms with van der Waals surface area (Å²) in [6, 6.07) is 0. The van der Waals surface area contributed by atoms with Gasteiger partial charge in [-0.1, -0.05) is 27.7 Å². The minimum Gasteiger partial charge on any atom is -0.345 e. The molecule has 42 heavy (non-hydrogen) atoms. The minimum atomic E-state index is -0.816. The Balaban J connectivity index is 1.01. The van der Waals surface area contributed by atoms with Crippen LogP contribution in [0, 0.1) is 47.3 Å². The van der Waals surface area contributed by atoms with E-state index in [4.69, 9.17) is 38.5 Å². The average Bonchev–Trinajstić information content (AvgIpc) is 3.32. The molecule has 7 unspecified atom stereocenters. The Morgan fingerprint density at radius 1 is 0.595 bits per heavy atom. The van der Waals surface area contributed by atoms with Crippen molar-refractivity contribution in [1.29, 1.82) is 0 Å². The summed E-state index contributed by atoms with van der Waals surface area (Å²) < 4.78 is 26.5. The number of hydrogen-bond donors (Lipinski definition) is 0. The van der Waals surface area contributed by atoms with Gasteiger partial charge >= 0.3 is 0 Å². The highest BCUT2D eigenvalue weighted by molar-refractivity contribution is 5.79. The predicted octanol–water partition coefficient (Wildman–Crippen LogP) is 5.84. The van der Waals surface area contributed by atoms with Gasteiger partial charge in [-0.25, -0.2) is 19.6 Å². The molecular formula is C33H50O9. The quantitative estimate of drug-likeness (QED) is 0.375. The van der Waals surface area contributed by atoms with Crippen LogP contribution in [0.4, 0.5) is 0 Å². The lowest BCUT2D eigenvalue weighted by Gasteiger charge is -2.61. The van der Waals surface area contributed by atoms with Crippen molar-refractivity contribution in [3.8, 4) is 0 Å². The van der Waals surface area contributed by atoms with Crippen molar-refractivity contribution in [2.75, 3.05) is 0 Å². The van der Waals surface area contributed by atoms with Crippen LogP contribution in [-0.4, -0.2) is 53.3 Å². The summed E-state index contributed by atoms with van der Waals surface area (Å²) >= 11 is 0. The minimum absolute atomic E-state index is 0.148.